The first-order valence-electron chi connectivity index (χ1n) is 10.0. The number of amides is 2. The highest BCUT2D eigenvalue weighted by Gasteiger charge is 2.30. The Morgan fingerprint density at radius 3 is 2.90 bits per heavy atom. The number of benzene rings is 1. The third-order valence-corrected chi connectivity index (χ3v) is 5.59. The molecule has 158 valence electrons. The van der Waals surface area contributed by atoms with Gasteiger partial charge in [0.25, 0.3) is 11.8 Å². The number of hydrogen-bond donors (Lipinski definition) is 3. The number of rotatable bonds is 5. The third-order valence-electron chi connectivity index (χ3n) is 5.59. The number of aromatic nitrogens is 7. The molecule has 0 spiro atoms. The number of aromatic amines is 3. The van der Waals surface area contributed by atoms with Gasteiger partial charge < -0.3 is 14.8 Å². The minimum atomic E-state index is -0.207. The Balaban J connectivity index is 1.32. The van der Waals surface area contributed by atoms with Gasteiger partial charge in [0.05, 0.1) is 6.54 Å². The fourth-order valence-electron chi connectivity index (χ4n) is 3.84. The van der Waals surface area contributed by atoms with E-state index < -0.39 is 0 Å². The second kappa shape index (κ2) is 7.67. The summed E-state index contributed by atoms with van der Waals surface area (Å²) in [6, 6.07) is 9.64. The largest absolute Gasteiger partial charge is 0.351 e. The van der Waals surface area contributed by atoms with Crippen LogP contribution in [-0.4, -0.2) is 77.6 Å². The molecule has 0 saturated heterocycles. The Kier molecular flexibility index (Phi) is 4.69. The van der Waals surface area contributed by atoms with E-state index in [-0.39, 0.29) is 11.8 Å². The number of H-pyrrole nitrogens is 3. The molecule has 0 aliphatic carbocycles. The number of para-hydroxylation sites is 1. The summed E-state index contributed by atoms with van der Waals surface area (Å²) in [5, 5.41) is 21.9. The van der Waals surface area contributed by atoms with Crippen molar-refractivity contribution in [1.82, 2.24) is 45.6 Å². The minimum absolute atomic E-state index is 0.0908. The van der Waals surface area contributed by atoms with Crippen molar-refractivity contribution in [1.29, 1.82) is 0 Å². The average Bonchev–Trinajstić information content (AvgIpc) is 3.55. The molecule has 0 saturated carbocycles. The van der Waals surface area contributed by atoms with Gasteiger partial charge in [0.1, 0.15) is 5.69 Å². The van der Waals surface area contributed by atoms with Gasteiger partial charge in [-0.1, -0.05) is 23.4 Å². The summed E-state index contributed by atoms with van der Waals surface area (Å²) in [5.41, 5.74) is 3.48. The molecule has 0 atom stereocenters. The van der Waals surface area contributed by atoms with E-state index in [4.69, 9.17) is 0 Å². The summed E-state index contributed by atoms with van der Waals surface area (Å²) in [6.07, 6.45) is 1.10. The van der Waals surface area contributed by atoms with Gasteiger partial charge in [-0.3, -0.25) is 14.7 Å². The zero-order valence-electron chi connectivity index (χ0n) is 16.9. The molecule has 3 aromatic heterocycles. The topological polar surface area (TPSA) is 140 Å². The summed E-state index contributed by atoms with van der Waals surface area (Å²) >= 11 is 0. The molecule has 4 aromatic rings. The van der Waals surface area contributed by atoms with E-state index in [0.29, 0.717) is 49.7 Å². The molecule has 0 bridgehead atoms. The van der Waals surface area contributed by atoms with Crippen LogP contribution in [-0.2, 0) is 19.4 Å². The van der Waals surface area contributed by atoms with E-state index >= 15 is 0 Å². The fraction of sp³-hybridized carbons (Fsp3) is 0.300. The Morgan fingerprint density at radius 2 is 2.10 bits per heavy atom. The van der Waals surface area contributed by atoms with Crippen LogP contribution in [0.15, 0.2) is 30.3 Å². The van der Waals surface area contributed by atoms with Gasteiger partial charge >= 0.3 is 0 Å². The van der Waals surface area contributed by atoms with Crippen LogP contribution in [0.1, 0.15) is 38.1 Å². The summed E-state index contributed by atoms with van der Waals surface area (Å²) in [7, 11) is 1.71. The molecule has 1 aliphatic heterocycles. The molecule has 3 N–H and O–H groups in total. The lowest BCUT2D eigenvalue weighted by Gasteiger charge is -2.27. The third kappa shape index (κ3) is 3.54. The molecule has 0 unspecified atom stereocenters. The van der Waals surface area contributed by atoms with Crippen LogP contribution in [0.3, 0.4) is 0 Å². The first-order valence-corrected chi connectivity index (χ1v) is 10.0. The van der Waals surface area contributed by atoms with Crippen molar-refractivity contribution in [2.24, 2.45) is 0 Å². The lowest BCUT2D eigenvalue weighted by atomic mass is 10.0. The number of tetrazole rings is 1. The monoisotopic (exact) mass is 419 g/mol. The first-order chi connectivity index (χ1) is 15.1. The number of carbonyl (C=O) groups excluding carboxylic acids is 2. The Labute approximate surface area is 176 Å². The standard InChI is InChI=1S/C20H21N9O2/c1-28(8-7-17-23-26-27-24-17)20(31)18-13-11-29(9-6-15(13)22-25-18)19(30)16-10-12-4-2-3-5-14(12)21-16/h2-5,10,21H,6-9,11H2,1H3,(H,22,25)(H,23,24,26,27). The maximum atomic E-state index is 13.1. The maximum absolute atomic E-state index is 13.1. The number of fused-ring (bicyclic) bond motifs is 2. The summed E-state index contributed by atoms with van der Waals surface area (Å²) < 4.78 is 0. The van der Waals surface area contributed by atoms with Crippen molar-refractivity contribution in [2.45, 2.75) is 19.4 Å². The minimum Gasteiger partial charge on any atom is -0.351 e. The molecule has 0 fully saturated rings. The van der Waals surface area contributed by atoms with Crippen LogP contribution in [0.25, 0.3) is 10.9 Å². The van der Waals surface area contributed by atoms with E-state index in [0.717, 1.165) is 22.2 Å². The Bertz CT molecular complexity index is 1210. The molecule has 1 aliphatic rings. The smallest absolute Gasteiger partial charge is 0.274 e. The Morgan fingerprint density at radius 1 is 1.23 bits per heavy atom. The van der Waals surface area contributed by atoms with E-state index in [1.165, 1.54) is 0 Å². The maximum Gasteiger partial charge on any atom is 0.274 e. The molecular weight excluding hydrogens is 398 g/mol. The van der Waals surface area contributed by atoms with Crippen LogP contribution < -0.4 is 0 Å². The van der Waals surface area contributed by atoms with Gasteiger partial charge in [0, 0.05) is 55.1 Å². The van der Waals surface area contributed by atoms with Gasteiger partial charge in [-0.2, -0.15) is 10.3 Å². The predicted molar refractivity (Wildman–Crippen MR) is 110 cm³/mol. The zero-order valence-corrected chi connectivity index (χ0v) is 16.9. The van der Waals surface area contributed by atoms with Crippen molar-refractivity contribution < 1.29 is 9.59 Å². The molecule has 1 aromatic carbocycles. The van der Waals surface area contributed by atoms with E-state index in [9.17, 15) is 9.59 Å². The second-order valence-electron chi connectivity index (χ2n) is 7.58. The van der Waals surface area contributed by atoms with Crippen molar-refractivity contribution in [3.8, 4) is 0 Å². The van der Waals surface area contributed by atoms with Crippen LogP contribution in [0, 0.1) is 0 Å². The van der Waals surface area contributed by atoms with Gasteiger partial charge in [-0.15, -0.1) is 10.2 Å². The van der Waals surface area contributed by atoms with E-state index in [2.05, 4.69) is 35.8 Å². The number of hydrogen-bond acceptors (Lipinski definition) is 6. The van der Waals surface area contributed by atoms with Crippen LogP contribution in [0.2, 0.25) is 0 Å². The summed E-state index contributed by atoms with van der Waals surface area (Å²) in [6.45, 7) is 1.32. The van der Waals surface area contributed by atoms with Crippen LogP contribution in [0.5, 0.6) is 0 Å². The SMILES string of the molecule is CN(CCc1nn[nH]n1)C(=O)c1n[nH]c2c1CN(C(=O)c1cc3ccccc3[nH]1)CC2. The highest BCUT2D eigenvalue weighted by molar-refractivity contribution is 5.98. The normalized spacial score (nSPS) is 13.4. The molecule has 11 nitrogen and oxygen atoms in total. The second-order valence-corrected chi connectivity index (χ2v) is 7.58. The van der Waals surface area contributed by atoms with Crippen LogP contribution in [0.4, 0.5) is 0 Å². The number of nitrogens with one attached hydrogen (secondary N) is 3. The van der Waals surface area contributed by atoms with Gasteiger partial charge in [0.2, 0.25) is 0 Å². The quantitative estimate of drug-likeness (QED) is 0.439. The summed E-state index contributed by atoms with van der Waals surface area (Å²) in [4.78, 5) is 32.6. The van der Waals surface area contributed by atoms with Gasteiger partial charge in [-0.25, -0.2) is 0 Å². The number of carbonyl (C=O) groups is 2. The van der Waals surface area contributed by atoms with Crippen molar-refractivity contribution >= 4 is 22.7 Å². The highest BCUT2D eigenvalue weighted by Crippen LogP contribution is 2.24. The van der Waals surface area contributed by atoms with Crippen molar-refractivity contribution in [3.63, 3.8) is 0 Å². The molecule has 0 radical (unpaired) electrons. The van der Waals surface area contributed by atoms with Crippen molar-refractivity contribution in [3.05, 3.63) is 58.8 Å². The van der Waals surface area contributed by atoms with E-state index in [1.807, 2.05) is 30.3 Å². The van der Waals surface area contributed by atoms with E-state index in [1.54, 1.807) is 16.8 Å². The lowest BCUT2D eigenvalue weighted by Crippen LogP contribution is -2.37. The van der Waals surface area contributed by atoms with Crippen LogP contribution >= 0.6 is 0 Å². The average molecular weight is 419 g/mol. The molecular formula is C20H21N9O2. The number of nitrogens with zero attached hydrogens (tertiary/aromatic N) is 6. The highest BCUT2D eigenvalue weighted by atomic mass is 16.2. The fourth-order valence-corrected chi connectivity index (χ4v) is 3.84. The molecule has 5 rings (SSSR count). The molecule has 11 heteroatoms. The molecule has 4 heterocycles. The van der Waals surface area contributed by atoms with Crippen molar-refractivity contribution in [2.75, 3.05) is 20.1 Å². The Hall–Kier alpha value is -4.02. The zero-order chi connectivity index (χ0) is 21.4. The van der Waals surface area contributed by atoms with Gasteiger partial charge in [-0.05, 0) is 12.1 Å². The first kappa shape index (κ1) is 19.0. The molecule has 2 amide bonds. The lowest BCUT2D eigenvalue weighted by molar-refractivity contribution is 0.0719. The summed E-state index contributed by atoms with van der Waals surface area (Å²) in [5.74, 6) is 0.242. The molecule has 31 heavy (non-hydrogen) atoms. The number of likely N-dealkylation sites (N-methyl/N-ethyl adjacent to an activating group) is 1. The predicted octanol–water partition coefficient (Wildman–Crippen LogP) is 0.917. The van der Waals surface area contributed by atoms with Gasteiger partial charge in [0.15, 0.2) is 11.5 Å².